The molecule has 16 heavy (non-hydrogen) atoms. The Labute approximate surface area is 97.7 Å². The van der Waals surface area contributed by atoms with E-state index in [0.717, 1.165) is 5.56 Å². The van der Waals surface area contributed by atoms with E-state index in [1.807, 2.05) is 0 Å². The number of aromatic nitrogens is 2. The Morgan fingerprint density at radius 1 is 1.31 bits per heavy atom. The number of rotatable bonds is 2. The molecule has 0 radical (unpaired) electrons. The Balaban J connectivity index is 0.00000128. The number of H-pyrrole nitrogens is 1. The van der Waals surface area contributed by atoms with E-state index in [-0.39, 0.29) is 18.0 Å². The molecule has 0 spiro atoms. The quantitative estimate of drug-likeness (QED) is 0.697. The normalized spacial score (nSPS) is 9.50. The molecule has 0 saturated heterocycles. The number of nitrogens with zero attached hydrogens (tertiary/aromatic N) is 1. The first-order valence-electron chi connectivity index (χ1n) is 4.31. The van der Waals surface area contributed by atoms with Gasteiger partial charge in [-0.3, -0.25) is 5.10 Å². The molecule has 0 aliphatic carbocycles. The first-order chi connectivity index (χ1) is 7.18. The van der Waals surface area contributed by atoms with Crippen LogP contribution in [0.15, 0.2) is 30.5 Å². The van der Waals surface area contributed by atoms with Crippen molar-refractivity contribution in [3.63, 3.8) is 0 Å². The van der Waals surface area contributed by atoms with E-state index in [9.17, 15) is 4.79 Å². The van der Waals surface area contributed by atoms with Crippen LogP contribution in [-0.2, 0) is 0 Å². The van der Waals surface area contributed by atoms with Gasteiger partial charge in [0.15, 0.2) is 0 Å². The fourth-order valence-corrected chi connectivity index (χ4v) is 1.32. The Morgan fingerprint density at radius 3 is 2.50 bits per heavy atom. The molecule has 0 fully saturated rings. The highest BCUT2D eigenvalue weighted by Crippen LogP contribution is 2.21. The number of aromatic amines is 1. The monoisotopic (exact) mass is 239 g/mol. The van der Waals surface area contributed by atoms with Gasteiger partial charge in [-0.2, -0.15) is 5.10 Å². The van der Waals surface area contributed by atoms with E-state index in [0.29, 0.717) is 11.4 Å². The second-order valence-corrected chi connectivity index (χ2v) is 3.09. The lowest BCUT2D eigenvalue weighted by atomic mass is 10.1. The van der Waals surface area contributed by atoms with Crippen LogP contribution in [-0.4, -0.2) is 21.3 Å². The lowest BCUT2D eigenvalue weighted by molar-refractivity contribution is 0.0698. The van der Waals surface area contributed by atoms with Crippen LogP contribution in [0.3, 0.4) is 0 Å². The molecule has 0 saturated carbocycles. The number of carbonyl (C=O) groups is 1. The summed E-state index contributed by atoms with van der Waals surface area (Å²) in [6.07, 6.45) is 1.29. The summed E-state index contributed by atoms with van der Waals surface area (Å²) < 4.78 is 0. The summed E-state index contributed by atoms with van der Waals surface area (Å²) >= 11 is 0. The van der Waals surface area contributed by atoms with Crippen molar-refractivity contribution >= 4 is 24.1 Å². The van der Waals surface area contributed by atoms with Crippen molar-refractivity contribution in [2.45, 2.75) is 0 Å². The SMILES string of the molecule is Cl.Nc1ccc(-c2[nH]ncc2C(=O)O)cc1. The average Bonchev–Trinajstić information content (AvgIpc) is 2.67. The number of hydrogen-bond acceptors (Lipinski definition) is 3. The highest BCUT2D eigenvalue weighted by Gasteiger charge is 2.13. The lowest BCUT2D eigenvalue weighted by Crippen LogP contribution is -1.96. The Hall–Kier alpha value is -2.01. The Kier molecular flexibility index (Phi) is 3.52. The van der Waals surface area contributed by atoms with E-state index in [4.69, 9.17) is 10.8 Å². The standard InChI is InChI=1S/C10H9N3O2.ClH/c11-7-3-1-6(2-4-7)9-8(10(14)15)5-12-13-9;/h1-5H,11H2,(H,12,13)(H,14,15);1H. The van der Waals surface area contributed by atoms with Crippen molar-refractivity contribution in [3.8, 4) is 11.3 Å². The van der Waals surface area contributed by atoms with Crippen LogP contribution in [0.25, 0.3) is 11.3 Å². The molecule has 0 bridgehead atoms. The third kappa shape index (κ3) is 2.14. The van der Waals surface area contributed by atoms with Gasteiger partial charge in [0.25, 0.3) is 0 Å². The van der Waals surface area contributed by atoms with Gasteiger partial charge in [0, 0.05) is 11.3 Å². The van der Waals surface area contributed by atoms with Gasteiger partial charge in [-0.15, -0.1) is 12.4 Å². The van der Waals surface area contributed by atoms with Crippen LogP contribution in [0.1, 0.15) is 10.4 Å². The van der Waals surface area contributed by atoms with Crippen molar-refractivity contribution < 1.29 is 9.90 Å². The zero-order chi connectivity index (χ0) is 10.8. The van der Waals surface area contributed by atoms with Gasteiger partial charge in [-0.1, -0.05) is 12.1 Å². The summed E-state index contributed by atoms with van der Waals surface area (Å²) in [4.78, 5) is 10.8. The zero-order valence-electron chi connectivity index (χ0n) is 8.18. The maximum absolute atomic E-state index is 10.8. The van der Waals surface area contributed by atoms with E-state index < -0.39 is 5.97 Å². The minimum atomic E-state index is -1.00. The number of aromatic carboxylic acids is 1. The van der Waals surface area contributed by atoms with Gasteiger partial charge >= 0.3 is 5.97 Å². The smallest absolute Gasteiger partial charge is 0.339 e. The van der Waals surface area contributed by atoms with Crippen LogP contribution >= 0.6 is 12.4 Å². The third-order valence-electron chi connectivity index (χ3n) is 2.07. The summed E-state index contributed by atoms with van der Waals surface area (Å²) in [6.45, 7) is 0. The number of benzene rings is 1. The summed E-state index contributed by atoms with van der Waals surface area (Å²) in [6, 6.07) is 6.91. The first-order valence-corrected chi connectivity index (χ1v) is 4.31. The number of carboxylic acids is 1. The maximum atomic E-state index is 10.8. The van der Waals surface area contributed by atoms with Crippen molar-refractivity contribution in [2.75, 3.05) is 5.73 Å². The van der Waals surface area contributed by atoms with Crippen LogP contribution in [0, 0.1) is 0 Å². The number of nitrogens with two attached hydrogens (primary N) is 1. The molecule has 0 aliphatic heterocycles. The summed E-state index contributed by atoms with van der Waals surface area (Å²) in [5.74, 6) is -1.00. The fraction of sp³-hybridized carbons (Fsp3) is 0. The van der Waals surface area contributed by atoms with Crippen LogP contribution in [0.4, 0.5) is 5.69 Å². The zero-order valence-corrected chi connectivity index (χ0v) is 8.99. The number of nitrogens with one attached hydrogen (secondary N) is 1. The highest BCUT2D eigenvalue weighted by atomic mass is 35.5. The van der Waals surface area contributed by atoms with Gasteiger partial charge in [-0.05, 0) is 12.1 Å². The van der Waals surface area contributed by atoms with E-state index >= 15 is 0 Å². The topological polar surface area (TPSA) is 92.0 Å². The molecule has 2 aromatic rings. The number of nitrogen functional groups attached to an aromatic ring is 1. The van der Waals surface area contributed by atoms with Crippen molar-refractivity contribution in [1.29, 1.82) is 0 Å². The van der Waals surface area contributed by atoms with Gasteiger partial charge < -0.3 is 10.8 Å². The second-order valence-electron chi connectivity index (χ2n) is 3.09. The van der Waals surface area contributed by atoms with E-state index in [1.165, 1.54) is 6.20 Å². The minimum absolute atomic E-state index is 0. The molecule has 6 heteroatoms. The van der Waals surface area contributed by atoms with Gasteiger partial charge in [0.05, 0.1) is 11.9 Å². The summed E-state index contributed by atoms with van der Waals surface area (Å²) in [5, 5.41) is 15.2. The predicted octanol–water partition coefficient (Wildman–Crippen LogP) is 1.78. The fourth-order valence-electron chi connectivity index (χ4n) is 1.32. The molecular formula is C10H10ClN3O2. The number of carboxylic acid groups (broad SMARTS) is 1. The Morgan fingerprint density at radius 2 is 1.94 bits per heavy atom. The predicted molar refractivity (Wildman–Crippen MR) is 62.6 cm³/mol. The van der Waals surface area contributed by atoms with E-state index in [2.05, 4.69) is 10.2 Å². The molecule has 1 aromatic carbocycles. The first kappa shape index (κ1) is 12.1. The summed E-state index contributed by atoms with van der Waals surface area (Å²) in [7, 11) is 0. The molecule has 0 amide bonds. The number of hydrogen-bond donors (Lipinski definition) is 3. The third-order valence-corrected chi connectivity index (χ3v) is 2.07. The van der Waals surface area contributed by atoms with Gasteiger partial charge in [-0.25, -0.2) is 4.79 Å². The molecule has 1 heterocycles. The molecule has 0 unspecified atom stereocenters. The molecular weight excluding hydrogens is 230 g/mol. The van der Waals surface area contributed by atoms with E-state index in [1.54, 1.807) is 24.3 Å². The molecule has 4 N–H and O–H groups in total. The van der Waals surface area contributed by atoms with Gasteiger partial charge in [0.1, 0.15) is 5.56 Å². The molecule has 84 valence electrons. The average molecular weight is 240 g/mol. The molecule has 5 nitrogen and oxygen atoms in total. The minimum Gasteiger partial charge on any atom is -0.478 e. The molecule has 0 aliphatic rings. The van der Waals surface area contributed by atoms with Crippen molar-refractivity contribution in [2.24, 2.45) is 0 Å². The maximum Gasteiger partial charge on any atom is 0.339 e. The second kappa shape index (κ2) is 4.67. The number of halogens is 1. The highest BCUT2D eigenvalue weighted by molar-refractivity contribution is 5.94. The number of anilines is 1. The van der Waals surface area contributed by atoms with Crippen LogP contribution in [0.2, 0.25) is 0 Å². The van der Waals surface area contributed by atoms with Crippen molar-refractivity contribution in [3.05, 3.63) is 36.0 Å². The molecule has 0 atom stereocenters. The van der Waals surface area contributed by atoms with Crippen LogP contribution < -0.4 is 5.73 Å². The molecule has 2 rings (SSSR count). The molecule has 1 aromatic heterocycles. The van der Waals surface area contributed by atoms with Gasteiger partial charge in [0.2, 0.25) is 0 Å². The van der Waals surface area contributed by atoms with Crippen LogP contribution in [0.5, 0.6) is 0 Å². The van der Waals surface area contributed by atoms with Crippen molar-refractivity contribution in [1.82, 2.24) is 10.2 Å². The Bertz CT molecular complexity index is 493. The largest absolute Gasteiger partial charge is 0.478 e. The lowest BCUT2D eigenvalue weighted by Gasteiger charge is -2.00. The summed E-state index contributed by atoms with van der Waals surface area (Å²) in [5.41, 5.74) is 7.56.